The molecule has 0 aliphatic carbocycles. The normalized spacial score (nSPS) is 16.7. The smallest absolute Gasteiger partial charge is 0.307 e. The molecule has 5 nitrogen and oxygen atoms in total. The van der Waals surface area contributed by atoms with Crippen molar-refractivity contribution in [3.63, 3.8) is 0 Å². The fraction of sp³-hybridized carbons (Fsp3) is 0.846. The lowest BCUT2D eigenvalue weighted by molar-refractivity contribution is -0.144. The van der Waals surface area contributed by atoms with Crippen LogP contribution in [0.25, 0.3) is 0 Å². The topological polar surface area (TPSA) is 55.8 Å². The lowest BCUT2D eigenvalue weighted by atomic mass is 9.98. The van der Waals surface area contributed by atoms with Crippen LogP contribution in [0.2, 0.25) is 0 Å². The molecule has 0 aromatic carbocycles. The number of esters is 1. The van der Waals surface area contributed by atoms with E-state index in [1.165, 1.54) is 7.11 Å². The highest BCUT2D eigenvalue weighted by atomic mass is 16.5. The number of hydrogen-bond acceptors (Lipinski definition) is 4. The third-order valence-electron chi connectivity index (χ3n) is 3.26. The van der Waals surface area contributed by atoms with Crippen LogP contribution in [0.15, 0.2) is 0 Å². The Hall–Kier alpha value is -1.10. The summed E-state index contributed by atoms with van der Waals surface area (Å²) in [7, 11) is 1.36. The van der Waals surface area contributed by atoms with Gasteiger partial charge in [0.05, 0.1) is 13.5 Å². The number of methoxy groups -OCH3 is 1. The number of nitrogens with zero attached hydrogens (tertiary/aromatic N) is 1. The molecule has 1 aliphatic heterocycles. The summed E-state index contributed by atoms with van der Waals surface area (Å²) in [5.41, 5.74) is 0. The molecule has 1 saturated heterocycles. The van der Waals surface area contributed by atoms with E-state index in [0.717, 1.165) is 12.8 Å². The van der Waals surface area contributed by atoms with Crippen LogP contribution in [0, 0.1) is 5.92 Å². The number of carbonyl (C=O) groups excluding carboxylic acids is 2. The van der Waals surface area contributed by atoms with Crippen LogP contribution in [-0.2, 0) is 19.1 Å². The van der Waals surface area contributed by atoms with Gasteiger partial charge in [-0.1, -0.05) is 0 Å². The van der Waals surface area contributed by atoms with E-state index in [1.807, 2.05) is 13.8 Å². The molecule has 0 aromatic heterocycles. The number of hydrogen-bond donors (Lipinski definition) is 0. The quantitative estimate of drug-likeness (QED) is 0.695. The van der Waals surface area contributed by atoms with E-state index in [2.05, 4.69) is 4.74 Å². The van der Waals surface area contributed by atoms with E-state index < -0.39 is 0 Å². The molecule has 0 aromatic rings. The molecular formula is C13H23NO4. The molecule has 1 aliphatic rings. The first-order valence-electron chi connectivity index (χ1n) is 6.51. The van der Waals surface area contributed by atoms with Gasteiger partial charge in [-0.2, -0.15) is 0 Å². The first-order valence-corrected chi connectivity index (χ1v) is 6.51. The molecule has 0 saturated carbocycles. The molecule has 0 atom stereocenters. The van der Waals surface area contributed by atoms with Gasteiger partial charge in [-0.15, -0.1) is 0 Å². The highest BCUT2D eigenvalue weighted by Crippen LogP contribution is 2.19. The van der Waals surface area contributed by atoms with Crippen LogP contribution < -0.4 is 0 Å². The maximum absolute atomic E-state index is 12.4. The minimum atomic E-state index is -0.277. The van der Waals surface area contributed by atoms with Gasteiger partial charge in [0.15, 0.2) is 0 Å². The van der Waals surface area contributed by atoms with Crippen molar-refractivity contribution in [3.05, 3.63) is 0 Å². The van der Waals surface area contributed by atoms with E-state index in [-0.39, 0.29) is 30.3 Å². The molecule has 1 heterocycles. The fourth-order valence-corrected chi connectivity index (χ4v) is 2.12. The Bertz CT molecular complexity index is 285. The van der Waals surface area contributed by atoms with E-state index in [4.69, 9.17) is 4.74 Å². The zero-order valence-electron chi connectivity index (χ0n) is 11.5. The van der Waals surface area contributed by atoms with Gasteiger partial charge in [-0.3, -0.25) is 9.59 Å². The summed E-state index contributed by atoms with van der Waals surface area (Å²) in [6.45, 7) is 5.67. The average molecular weight is 257 g/mol. The second-order valence-corrected chi connectivity index (χ2v) is 4.84. The summed E-state index contributed by atoms with van der Waals surface area (Å²) in [4.78, 5) is 25.3. The van der Waals surface area contributed by atoms with Crippen molar-refractivity contribution in [3.8, 4) is 0 Å². The Morgan fingerprint density at radius 3 is 2.44 bits per heavy atom. The zero-order chi connectivity index (χ0) is 13.5. The molecule has 1 fully saturated rings. The number of amides is 1. The molecule has 0 unspecified atom stereocenters. The van der Waals surface area contributed by atoms with Crippen molar-refractivity contribution >= 4 is 11.9 Å². The van der Waals surface area contributed by atoms with Crippen molar-refractivity contribution in [1.82, 2.24) is 4.90 Å². The predicted molar refractivity (Wildman–Crippen MR) is 67.0 cm³/mol. The van der Waals surface area contributed by atoms with Crippen LogP contribution in [0.4, 0.5) is 0 Å². The standard InChI is InChI=1S/C13H23NO4/c1-10(2)14(7-4-12(15)17-3)13(16)11-5-8-18-9-6-11/h10-11H,4-9H2,1-3H3. The Kier molecular flexibility index (Phi) is 6.12. The van der Waals surface area contributed by atoms with Crippen LogP contribution in [-0.4, -0.2) is 49.7 Å². The molecule has 0 N–H and O–H groups in total. The minimum Gasteiger partial charge on any atom is -0.469 e. The van der Waals surface area contributed by atoms with Crippen molar-refractivity contribution in [2.45, 2.75) is 39.2 Å². The van der Waals surface area contributed by atoms with E-state index >= 15 is 0 Å². The molecule has 1 rings (SSSR count). The van der Waals surface area contributed by atoms with Gasteiger partial charge in [0, 0.05) is 31.7 Å². The number of carbonyl (C=O) groups is 2. The molecule has 0 radical (unpaired) electrons. The zero-order valence-corrected chi connectivity index (χ0v) is 11.5. The number of rotatable bonds is 5. The second kappa shape index (κ2) is 7.36. The Morgan fingerprint density at radius 2 is 1.94 bits per heavy atom. The minimum absolute atomic E-state index is 0.0406. The Morgan fingerprint density at radius 1 is 1.33 bits per heavy atom. The van der Waals surface area contributed by atoms with Crippen molar-refractivity contribution < 1.29 is 19.1 Å². The highest BCUT2D eigenvalue weighted by Gasteiger charge is 2.28. The largest absolute Gasteiger partial charge is 0.469 e. The third kappa shape index (κ3) is 4.29. The molecular weight excluding hydrogens is 234 g/mol. The third-order valence-corrected chi connectivity index (χ3v) is 3.26. The van der Waals surface area contributed by atoms with Crippen LogP contribution >= 0.6 is 0 Å². The van der Waals surface area contributed by atoms with Gasteiger partial charge in [0.2, 0.25) is 5.91 Å². The average Bonchev–Trinajstić information content (AvgIpc) is 2.39. The molecule has 104 valence electrons. The molecule has 0 bridgehead atoms. The Labute approximate surface area is 108 Å². The highest BCUT2D eigenvalue weighted by molar-refractivity contribution is 5.80. The van der Waals surface area contributed by atoms with Gasteiger partial charge in [0.25, 0.3) is 0 Å². The van der Waals surface area contributed by atoms with Crippen molar-refractivity contribution in [2.24, 2.45) is 5.92 Å². The molecule has 18 heavy (non-hydrogen) atoms. The maximum Gasteiger partial charge on any atom is 0.307 e. The summed E-state index contributed by atoms with van der Waals surface area (Å²) >= 11 is 0. The van der Waals surface area contributed by atoms with Gasteiger partial charge in [0.1, 0.15) is 0 Å². The molecule has 5 heteroatoms. The van der Waals surface area contributed by atoms with Crippen LogP contribution in [0.1, 0.15) is 33.1 Å². The lowest BCUT2D eigenvalue weighted by Gasteiger charge is -2.32. The van der Waals surface area contributed by atoms with Crippen LogP contribution in [0.3, 0.4) is 0 Å². The van der Waals surface area contributed by atoms with Crippen molar-refractivity contribution in [1.29, 1.82) is 0 Å². The van der Waals surface area contributed by atoms with Gasteiger partial charge < -0.3 is 14.4 Å². The second-order valence-electron chi connectivity index (χ2n) is 4.84. The monoisotopic (exact) mass is 257 g/mol. The maximum atomic E-state index is 12.4. The molecule has 0 spiro atoms. The summed E-state index contributed by atoms with van der Waals surface area (Å²) in [5.74, 6) is -0.101. The predicted octanol–water partition coefficient (Wildman–Crippen LogP) is 1.21. The van der Waals surface area contributed by atoms with E-state index in [9.17, 15) is 9.59 Å². The summed E-state index contributed by atoms with van der Waals surface area (Å²) in [6, 6.07) is 0.102. The fourth-order valence-electron chi connectivity index (χ4n) is 2.12. The van der Waals surface area contributed by atoms with Gasteiger partial charge in [-0.25, -0.2) is 0 Å². The van der Waals surface area contributed by atoms with Crippen LogP contribution in [0.5, 0.6) is 0 Å². The van der Waals surface area contributed by atoms with E-state index in [1.54, 1.807) is 4.90 Å². The summed E-state index contributed by atoms with van der Waals surface area (Å²) < 4.78 is 9.87. The Balaban J connectivity index is 2.54. The summed E-state index contributed by atoms with van der Waals surface area (Å²) in [5, 5.41) is 0. The lowest BCUT2D eigenvalue weighted by Crippen LogP contribution is -2.43. The first kappa shape index (κ1) is 15.0. The SMILES string of the molecule is COC(=O)CCN(C(=O)C1CCOCC1)C(C)C. The summed E-state index contributed by atoms with van der Waals surface area (Å²) in [6.07, 6.45) is 1.81. The molecule has 1 amide bonds. The van der Waals surface area contributed by atoms with Gasteiger partial charge >= 0.3 is 5.97 Å². The van der Waals surface area contributed by atoms with Gasteiger partial charge in [-0.05, 0) is 26.7 Å². The van der Waals surface area contributed by atoms with E-state index in [0.29, 0.717) is 19.8 Å². The van der Waals surface area contributed by atoms with Crippen molar-refractivity contribution in [2.75, 3.05) is 26.9 Å². The first-order chi connectivity index (χ1) is 8.56. The number of ether oxygens (including phenoxy) is 2.